The van der Waals surface area contributed by atoms with Gasteiger partial charge in [-0.15, -0.1) is 0 Å². The molecule has 0 saturated carbocycles. The van der Waals surface area contributed by atoms with Crippen LogP contribution in [0.3, 0.4) is 0 Å². The Bertz CT molecular complexity index is 933. The fraction of sp³-hybridized carbons (Fsp3) is 0.417. The molecule has 0 unspecified atom stereocenters. The molecule has 0 radical (unpaired) electrons. The predicted molar refractivity (Wildman–Crippen MR) is 121 cm³/mol. The third kappa shape index (κ3) is 5.54. The second-order valence-electron chi connectivity index (χ2n) is 9.45. The van der Waals surface area contributed by atoms with Crippen molar-refractivity contribution >= 4 is 29.2 Å². The van der Waals surface area contributed by atoms with Crippen LogP contribution in [0.5, 0.6) is 5.75 Å². The molecule has 2 aromatic carbocycles. The average molecular weight is 432 g/mol. The fourth-order valence-corrected chi connectivity index (χ4v) is 3.40. The SMILES string of the molecule is COC(=O)c1ccc(Cl)cc1NC(=O)Cc1cc(C(C)(C)C)c(O)c(C(C)(C)C)c1. The van der Waals surface area contributed by atoms with Crippen LogP contribution in [-0.2, 0) is 26.8 Å². The number of hydrogen-bond donors (Lipinski definition) is 2. The summed E-state index contributed by atoms with van der Waals surface area (Å²) in [4.78, 5) is 24.8. The zero-order chi connectivity index (χ0) is 22.9. The largest absolute Gasteiger partial charge is 0.507 e. The number of anilines is 1. The van der Waals surface area contributed by atoms with Gasteiger partial charge >= 0.3 is 5.97 Å². The van der Waals surface area contributed by atoms with Crippen LogP contribution in [0.4, 0.5) is 5.69 Å². The number of carbonyl (C=O) groups is 2. The van der Waals surface area contributed by atoms with E-state index in [1.165, 1.54) is 19.2 Å². The van der Waals surface area contributed by atoms with Crippen LogP contribution in [0.2, 0.25) is 5.02 Å². The predicted octanol–water partition coefficient (Wildman–Crippen LogP) is 5.61. The van der Waals surface area contributed by atoms with E-state index in [0.29, 0.717) is 10.7 Å². The van der Waals surface area contributed by atoms with E-state index in [9.17, 15) is 14.7 Å². The number of hydrogen-bond acceptors (Lipinski definition) is 4. The number of benzene rings is 2. The van der Waals surface area contributed by atoms with Crippen LogP contribution >= 0.6 is 11.6 Å². The number of carbonyl (C=O) groups excluding carboxylic acids is 2. The Balaban J connectivity index is 2.41. The van der Waals surface area contributed by atoms with E-state index in [0.717, 1.165) is 16.7 Å². The lowest BCUT2D eigenvalue weighted by atomic mass is 9.78. The number of halogens is 1. The summed E-state index contributed by atoms with van der Waals surface area (Å²) in [5, 5.41) is 14.0. The summed E-state index contributed by atoms with van der Waals surface area (Å²) in [6.07, 6.45) is 0.0829. The van der Waals surface area contributed by atoms with Gasteiger partial charge in [-0.05, 0) is 45.7 Å². The van der Waals surface area contributed by atoms with E-state index in [1.54, 1.807) is 6.07 Å². The summed E-state index contributed by atoms with van der Waals surface area (Å²) >= 11 is 6.04. The summed E-state index contributed by atoms with van der Waals surface area (Å²) in [5.74, 6) is -0.591. The summed E-state index contributed by atoms with van der Waals surface area (Å²) < 4.78 is 4.78. The van der Waals surface area contributed by atoms with Crippen LogP contribution in [0, 0.1) is 0 Å². The molecular formula is C24H30ClNO4. The van der Waals surface area contributed by atoms with Crippen molar-refractivity contribution < 1.29 is 19.4 Å². The highest BCUT2D eigenvalue weighted by Crippen LogP contribution is 2.40. The fourth-order valence-electron chi connectivity index (χ4n) is 3.23. The lowest BCUT2D eigenvalue weighted by Crippen LogP contribution is -2.20. The molecule has 0 heterocycles. The molecule has 0 atom stereocenters. The quantitative estimate of drug-likeness (QED) is 0.617. The van der Waals surface area contributed by atoms with Gasteiger partial charge in [-0.3, -0.25) is 4.79 Å². The molecule has 5 nitrogen and oxygen atoms in total. The topological polar surface area (TPSA) is 75.6 Å². The van der Waals surface area contributed by atoms with Gasteiger partial charge in [-0.25, -0.2) is 4.79 Å². The van der Waals surface area contributed by atoms with Gasteiger partial charge in [0.2, 0.25) is 5.91 Å². The first-order chi connectivity index (χ1) is 13.7. The highest BCUT2D eigenvalue weighted by atomic mass is 35.5. The lowest BCUT2D eigenvalue weighted by Gasteiger charge is -2.28. The second-order valence-corrected chi connectivity index (χ2v) is 9.88. The van der Waals surface area contributed by atoms with Gasteiger partial charge in [0.05, 0.1) is 24.8 Å². The van der Waals surface area contributed by atoms with Crippen molar-refractivity contribution in [1.82, 2.24) is 0 Å². The molecule has 0 spiro atoms. The summed E-state index contributed by atoms with van der Waals surface area (Å²) in [6.45, 7) is 12.1. The van der Waals surface area contributed by atoms with Gasteiger partial charge in [-0.1, -0.05) is 65.3 Å². The van der Waals surface area contributed by atoms with Gasteiger partial charge in [-0.2, -0.15) is 0 Å². The minimum Gasteiger partial charge on any atom is -0.507 e. The van der Waals surface area contributed by atoms with Crippen LogP contribution in [0.15, 0.2) is 30.3 Å². The van der Waals surface area contributed by atoms with Crippen molar-refractivity contribution in [2.24, 2.45) is 0 Å². The Kier molecular flexibility index (Phi) is 6.87. The highest BCUT2D eigenvalue weighted by Gasteiger charge is 2.27. The van der Waals surface area contributed by atoms with E-state index in [1.807, 2.05) is 53.7 Å². The average Bonchev–Trinajstić information content (AvgIpc) is 2.60. The number of esters is 1. The molecule has 0 fully saturated rings. The van der Waals surface area contributed by atoms with Crippen molar-refractivity contribution in [3.8, 4) is 5.75 Å². The van der Waals surface area contributed by atoms with Crippen molar-refractivity contribution in [3.63, 3.8) is 0 Å². The molecule has 0 aliphatic rings. The molecule has 30 heavy (non-hydrogen) atoms. The highest BCUT2D eigenvalue weighted by molar-refractivity contribution is 6.31. The maximum atomic E-state index is 12.8. The molecule has 162 valence electrons. The molecule has 2 N–H and O–H groups in total. The molecule has 0 aliphatic carbocycles. The number of ether oxygens (including phenoxy) is 1. The monoisotopic (exact) mass is 431 g/mol. The molecular weight excluding hydrogens is 402 g/mol. The number of methoxy groups -OCH3 is 1. The van der Waals surface area contributed by atoms with E-state index in [4.69, 9.17) is 16.3 Å². The number of phenolic OH excluding ortho intramolecular Hbond substituents is 1. The summed E-state index contributed by atoms with van der Waals surface area (Å²) in [5.41, 5.74) is 2.30. The van der Waals surface area contributed by atoms with E-state index >= 15 is 0 Å². The number of nitrogens with one attached hydrogen (secondary N) is 1. The van der Waals surface area contributed by atoms with Crippen molar-refractivity contribution in [1.29, 1.82) is 0 Å². The smallest absolute Gasteiger partial charge is 0.339 e. The minimum atomic E-state index is -0.559. The first-order valence-corrected chi connectivity index (χ1v) is 10.2. The second kappa shape index (κ2) is 8.68. The van der Waals surface area contributed by atoms with E-state index in [2.05, 4.69) is 5.32 Å². The summed E-state index contributed by atoms with van der Waals surface area (Å²) in [6, 6.07) is 8.32. The number of phenols is 1. The van der Waals surface area contributed by atoms with Crippen molar-refractivity contribution in [2.45, 2.75) is 58.8 Å². The van der Waals surface area contributed by atoms with Crippen LogP contribution in [-0.4, -0.2) is 24.1 Å². The molecule has 2 rings (SSSR count). The molecule has 6 heteroatoms. The first kappa shape index (κ1) is 23.7. The molecule has 0 aromatic heterocycles. The molecule has 0 aliphatic heterocycles. The molecule has 0 bridgehead atoms. The van der Waals surface area contributed by atoms with Crippen LogP contribution < -0.4 is 5.32 Å². The Morgan fingerprint density at radius 3 is 2.00 bits per heavy atom. The lowest BCUT2D eigenvalue weighted by molar-refractivity contribution is -0.115. The van der Waals surface area contributed by atoms with Gasteiger partial charge < -0.3 is 15.2 Å². The third-order valence-corrected chi connectivity index (χ3v) is 5.05. The Morgan fingerprint density at radius 2 is 1.53 bits per heavy atom. The van der Waals surface area contributed by atoms with Gasteiger partial charge in [0, 0.05) is 5.02 Å². The number of aromatic hydroxyl groups is 1. The normalized spacial score (nSPS) is 11.9. The Hall–Kier alpha value is -2.53. The van der Waals surface area contributed by atoms with Gasteiger partial charge in [0.25, 0.3) is 0 Å². The molecule has 2 aromatic rings. The van der Waals surface area contributed by atoms with Crippen molar-refractivity contribution in [3.05, 3.63) is 57.6 Å². The first-order valence-electron chi connectivity index (χ1n) is 9.78. The third-order valence-electron chi connectivity index (χ3n) is 4.81. The van der Waals surface area contributed by atoms with Gasteiger partial charge in [0.15, 0.2) is 0 Å². The number of rotatable bonds is 4. The van der Waals surface area contributed by atoms with Crippen LogP contribution in [0.1, 0.15) is 68.6 Å². The number of amides is 1. The van der Waals surface area contributed by atoms with E-state index < -0.39 is 5.97 Å². The minimum absolute atomic E-state index is 0.0829. The zero-order valence-corrected chi connectivity index (χ0v) is 19.4. The van der Waals surface area contributed by atoms with Crippen LogP contribution in [0.25, 0.3) is 0 Å². The standard InChI is InChI=1S/C24H30ClNO4/c1-23(2,3)17-10-14(11-18(21(17)28)24(4,5)6)12-20(27)26-19-13-15(25)8-9-16(19)22(29)30-7/h8-11,13,28H,12H2,1-7H3,(H,26,27). The molecule has 0 saturated heterocycles. The maximum absolute atomic E-state index is 12.8. The Labute approximate surface area is 183 Å². The summed E-state index contributed by atoms with van der Waals surface area (Å²) in [7, 11) is 1.28. The van der Waals surface area contributed by atoms with Gasteiger partial charge in [0.1, 0.15) is 5.75 Å². The Morgan fingerprint density at radius 1 is 1.00 bits per heavy atom. The zero-order valence-electron chi connectivity index (χ0n) is 18.6. The van der Waals surface area contributed by atoms with E-state index in [-0.39, 0.29) is 34.5 Å². The van der Waals surface area contributed by atoms with Crippen molar-refractivity contribution in [2.75, 3.05) is 12.4 Å². The molecule has 1 amide bonds. The maximum Gasteiger partial charge on any atom is 0.339 e.